The minimum Gasteiger partial charge on any atom is -0.325 e. The number of rotatable bonds is 4. The molecular weight excluding hydrogens is 304 g/mol. The third kappa shape index (κ3) is 3.71. The predicted molar refractivity (Wildman–Crippen MR) is 96.9 cm³/mol. The van der Waals surface area contributed by atoms with E-state index in [0.29, 0.717) is 0 Å². The summed E-state index contributed by atoms with van der Waals surface area (Å²) in [5.41, 5.74) is 2.86. The molecule has 23 heavy (non-hydrogen) atoms. The Morgan fingerprint density at radius 2 is 1.78 bits per heavy atom. The number of pyridine rings is 1. The van der Waals surface area contributed by atoms with Crippen molar-refractivity contribution in [3.05, 3.63) is 66.2 Å². The number of nitrogens with zero attached hydrogens (tertiary/aromatic N) is 1. The number of amides is 1. The number of thioether (sulfide) groups is 1. The minimum atomic E-state index is -0.219. The number of nitrogens with one attached hydrogen (secondary N) is 1. The van der Waals surface area contributed by atoms with Crippen molar-refractivity contribution in [1.82, 2.24) is 4.98 Å². The highest BCUT2D eigenvalue weighted by Gasteiger charge is 2.16. The number of aromatic nitrogens is 1. The van der Waals surface area contributed by atoms with Crippen LogP contribution in [-0.2, 0) is 4.79 Å². The smallest absolute Gasteiger partial charge is 0.237 e. The highest BCUT2D eigenvalue weighted by molar-refractivity contribution is 8.00. The first-order chi connectivity index (χ1) is 11.1. The van der Waals surface area contributed by atoms with Crippen LogP contribution in [-0.4, -0.2) is 16.1 Å². The van der Waals surface area contributed by atoms with E-state index in [-0.39, 0.29) is 11.2 Å². The van der Waals surface area contributed by atoms with Gasteiger partial charge in [-0.3, -0.25) is 4.79 Å². The molecule has 3 aromatic rings. The Balaban J connectivity index is 1.71. The van der Waals surface area contributed by atoms with E-state index in [9.17, 15) is 4.79 Å². The fourth-order valence-corrected chi connectivity index (χ4v) is 3.12. The van der Waals surface area contributed by atoms with Crippen molar-refractivity contribution < 1.29 is 4.79 Å². The number of fused-ring (bicyclic) bond motifs is 1. The molecule has 0 aliphatic rings. The van der Waals surface area contributed by atoms with Gasteiger partial charge in [0.1, 0.15) is 0 Å². The minimum absolute atomic E-state index is 0.0146. The summed E-state index contributed by atoms with van der Waals surface area (Å²) in [5, 5.41) is 4.72. The van der Waals surface area contributed by atoms with Gasteiger partial charge in [0.05, 0.1) is 15.8 Å². The van der Waals surface area contributed by atoms with Crippen LogP contribution < -0.4 is 5.32 Å². The van der Waals surface area contributed by atoms with Crippen LogP contribution in [0.5, 0.6) is 0 Å². The Morgan fingerprint density at radius 3 is 2.61 bits per heavy atom. The lowest BCUT2D eigenvalue weighted by molar-refractivity contribution is -0.115. The van der Waals surface area contributed by atoms with Gasteiger partial charge in [-0.25, -0.2) is 4.98 Å². The second-order valence-electron chi connectivity index (χ2n) is 5.41. The lowest BCUT2D eigenvalue weighted by atomic mass is 10.2. The van der Waals surface area contributed by atoms with E-state index in [1.165, 1.54) is 11.8 Å². The van der Waals surface area contributed by atoms with Crippen molar-refractivity contribution in [1.29, 1.82) is 0 Å². The summed E-state index contributed by atoms with van der Waals surface area (Å²) in [6, 6.07) is 19.8. The van der Waals surface area contributed by atoms with Crippen LogP contribution in [0.25, 0.3) is 10.9 Å². The fourth-order valence-electron chi connectivity index (χ4n) is 2.30. The largest absolute Gasteiger partial charge is 0.325 e. The molecule has 1 unspecified atom stereocenters. The van der Waals surface area contributed by atoms with Crippen LogP contribution in [0.4, 0.5) is 5.69 Å². The van der Waals surface area contributed by atoms with E-state index in [0.717, 1.165) is 27.2 Å². The van der Waals surface area contributed by atoms with Crippen molar-refractivity contribution in [3.63, 3.8) is 0 Å². The molecule has 0 aliphatic carbocycles. The molecule has 1 amide bonds. The standard InChI is InChI=1S/C19H18N2OS/c1-13-7-3-5-9-16(13)21-19(22)14(2)23-18-12-11-15-8-4-6-10-17(15)20-18/h3-12,14H,1-2H3,(H,21,22). The lowest BCUT2D eigenvalue weighted by Crippen LogP contribution is -2.22. The molecule has 0 saturated heterocycles. The topological polar surface area (TPSA) is 42.0 Å². The number of hydrogen-bond donors (Lipinski definition) is 1. The highest BCUT2D eigenvalue weighted by Crippen LogP contribution is 2.25. The molecule has 4 heteroatoms. The summed E-state index contributed by atoms with van der Waals surface area (Å²) in [7, 11) is 0. The lowest BCUT2D eigenvalue weighted by Gasteiger charge is -2.13. The Morgan fingerprint density at radius 1 is 1.04 bits per heavy atom. The summed E-state index contributed by atoms with van der Waals surface area (Å²) in [5.74, 6) is -0.0146. The maximum atomic E-state index is 12.4. The Bertz CT molecular complexity index is 847. The van der Waals surface area contributed by atoms with Gasteiger partial charge < -0.3 is 5.32 Å². The summed E-state index contributed by atoms with van der Waals surface area (Å²) in [6.45, 7) is 3.88. The molecule has 0 aliphatic heterocycles. The van der Waals surface area contributed by atoms with Gasteiger partial charge in [-0.1, -0.05) is 54.2 Å². The van der Waals surface area contributed by atoms with E-state index >= 15 is 0 Å². The second kappa shape index (κ2) is 6.84. The predicted octanol–water partition coefficient (Wildman–Crippen LogP) is 4.66. The van der Waals surface area contributed by atoms with Crippen molar-refractivity contribution in [2.45, 2.75) is 24.1 Å². The van der Waals surface area contributed by atoms with Crippen molar-refractivity contribution >= 4 is 34.3 Å². The molecule has 0 bridgehead atoms. The molecule has 1 atom stereocenters. The van der Waals surface area contributed by atoms with Crippen LogP contribution in [0.1, 0.15) is 12.5 Å². The summed E-state index contributed by atoms with van der Waals surface area (Å²) in [4.78, 5) is 17.0. The van der Waals surface area contributed by atoms with E-state index < -0.39 is 0 Å². The number of hydrogen-bond acceptors (Lipinski definition) is 3. The second-order valence-corrected chi connectivity index (χ2v) is 6.77. The Hall–Kier alpha value is -2.33. The highest BCUT2D eigenvalue weighted by atomic mass is 32.2. The normalized spacial score (nSPS) is 12.1. The average molecular weight is 322 g/mol. The number of carbonyl (C=O) groups is 1. The monoisotopic (exact) mass is 322 g/mol. The molecule has 0 fully saturated rings. The van der Waals surface area contributed by atoms with Crippen molar-refractivity contribution in [2.24, 2.45) is 0 Å². The molecule has 3 nitrogen and oxygen atoms in total. The molecular formula is C19H18N2OS. The molecule has 0 spiro atoms. The quantitative estimate of drug-likeness (QED) is 0.710. The van der Waals surface area contributed by atoms with Gasteiger partial charge >= 0.3 is 0 Å². The third-order valence-electron chi connectivity index (χ3n) is 3.64. The molecule has 1 aromatic heterocycles. The molecule has 2 aromatic carbocycles. The zero-order chi connectivity index (χ0) is 16.2. The molecule has 1 N–H and O–H groups in total. The van der Waals surface area contributed by atoms with E-state index in [4.69, 9.17) is 0 Å². The number of para-hydroxylation sites is 2. The van der Waals surface area contributed by atoms with Gasteiger partial charge in [0.2, 0.25) is 5.91 Å². The third-order valence-corrected chi connectivity index (χ3v) is 4.68. The Labute approximate surface area is 140 Å². The van der Waals surface area contributed by atoms with E-state index in [2.05, 4.69) is 10.3 Å². The summed E-state index contributed by atoms with van der Waals surface area (Å²) in [6.07, 6.45) is 0. The molecule has 1 heterocycles. The number of anilines is 1. The molecule has 116 valence electrons. The maximum absolute atomic E-state index is 12.4. The summed E-state index contributed by atoms with van der Waals surface area (Å²) >= 11 is 1.47. The van der Waals surface area contributed by atoms with Gasteiger partial charge in [-0.05, 0) is 37.6 Å². The first kappa shape index (κ1) is 15.6. The van der Waals surface area contributed by atoms with Gasteiger partial charge in [0, 0.05) is 11.1 Å². The SMILES string of the molecule is Cc1ccccc1NC(=O)C(C)Sc1ccc2ccccc2n1. The molecule has 0 saturated carbocycles. The van der Waals surface area contributed by atoms with Crippen molar-refractivity contribution in [3.8, 4) is 0 Å². The Kier molecular flexibility index (Phi) is 4.63. The number of benzene rings is 2. The average Bonchev–Trinajstić information content (AvgIpc) is 2.56. The zero-order valence-electron chi connectivity index (χ0n) is 13.1. The van der Waals surface area contributed by atoms with E-state index in [1.54, 1.807) is 0 Å². The maximum Gasteiger partial charge on any atom is 0.237 e. The number of carbonyl (C=O) groups excluding carboxylic acids is 1. The van der Waals surface area contributed by atoms with Crippen LogP contribution in [0.3, 0.4) is 0 Å². The fraction of sp³-hybridized carbons (Fsp3) is 0.158. The molecule has 3 rings (SSSR count). The molecule has 0 radical (unpaired) electrons. The van der Waals surface area contributed by atoms with Crippen LogP contribution in [0.15, 0.2) is 65.7 Å². The van der Waals surface area contributed by atoms with Gasteiger partial charge in [-0.2, -0.15) is 0 Å². The van der Waals surface area contributed by atoms with Crippen molar-refractivity contribution in [2.75, 3.05) is 5.32 Å². The van der Waals surface area contributed by atoms with Gasteiger partial charge in [0.15, 0.2) is 0 Å². The van der Waals surface area contributed by atoms with Crippen LogP contribution >= 0.6 is 11.8 Å². The zero-order valence-corrected chi connectivity index (χ0v) is 13.9. The first-order valence-electron chi connectivity index (χ1n) is 7.52. The van der Waals surface area contributed by atoms with Gasteiger partial charge in [0.25, 0.3) is 0 Å². The number of aryl methyl sites for hydroxylation is 1. The van der Waals surface area contributed by atoms with Crippen LogP contribution in [0.2, 0.25) is 0 Å². The van der Waals surface area contributed by atoms with E-state index in [1.807, 2.05) is 74.5 Å². The summed E-state index contributed by atoms with van der Waals surface area (Å²) < 4.78 is 0. The van der Waals surface area contributed by atoms with Gasteiger partial charge in [-0.15, -0.1) is 0 Å². The van der Waals surface area contributed by atoms with Crippen LogP contribution in [0, 0.1) is 6.92 Å². The first-order valence-corrected chi connectivity index (χ1v) is 8.40.